The van der Waals surface area contributed by atoms with Crippen LogP contribution in [0.4, 0.5) is 4.79 Å². The smallest absolute Gasteiger partial charge is 0.325 e. The largest absolute Gasteiger partial charge is 0.352 e. The van der Waals surface area contributed by atoms with Crippen molar-refractivity contribution in [3.63, 3.8) is 0 Å². The van der Waals surface area contributed by atoms with Crippen molar-refractivity contribution in [3.8, 4) is 0 Å². The Morgan fingerprint density at radius 1 is 1.11 bits per heavy atom. The summed E-state index contributed by atoms with van der Waals surface area (Å²) in [6.45, 7) is 1.45. The van der Waals surface area contributed by atoms with Crippen LogP contribution >= 0.6 is 0 Å². The topological polar surface area (TPSA) is 90.5 Å². The molecule has 1 saturated carbocycles. The van der Waals surface area contributed by atoms with Gasteiger partial charge in [-0.2, -0.15) is 0 Å². The predicted molar refractivity (Wildman–Crippen MR) is 99.9 cm³/mol. The molecule has 7 nitrogen and oxygen atoms in total. The van der Waals surface area contributed by atoms with Crippen molar-refractivity contribution in [2.45, 2.75) is 43.7 Å². The normalized spacial score (nSPS) is 26.1. The van der Waals surface area contributed by atoms with Crippen molar-refractivity contribution < 1.29 is 14.4 Å². The van der Waals surface area contributed by atoms with Crippen molar-refractivity contribution in [2.24, 2.45) is 5.92 Å². The van der Waals surface area contributed by atoms with E-state index in [0.29, 0.717) is 6.42 Å². The third-order valence-electron chi connectivity index (χ3n) is 5.81. The Balaban J connectivity index is 1.58. The number of amides is 4. The lowest BCUT2D eigenvalue weighted by Gasteiger charge is -2.38. The van der Waals surface area contributed by atoms with E-state index in [1.165, 1.54) is 0 Å². The highest BCUT2D eigenvalue weighted by atomic mass is 16.2. The molecule has 1 atom stereocenters. The van der Waals surface area contributed by atoms with Gasteiger partial charge in [0, 0.05) is 12.5 Å². The number of carbonyl (C=O) groups excluding carboxylic acids is 3. The molecule has 27 heavy (non-hydrogen) atoms. The van der Waals surface area contributed by atoms with Gasteiger partial charge in [-0.3, -0.25) is 14.5 Å². The van der Waals surface area contributed by atoms with Crippen molar-refractivity contribution >= 4 is 17.8 Å². The van der Waals surface area contributed by atoms with Gasteiger partial charge in [0.05, 0.1) is 0 Å². The molecule has 3 fully saturated rings. The summed E-state index contributed by atoms with van der Waals surface area (Å²) in [4.78, 5) is 39.4. The van der Waals surface area contributed by atoms with E-state index in [2.05, 4.69) is 16.0 Å². The first-order chi connectivity index (χ1) is 13.1. The Labute approximate surface area is 158 Å². The molecule has 3 N–H and O–H groups in total. The van der Waals surface area contributed by atoms with Crippen molar-refractivity contribution in [2.75, 3.05) is 19.6 Å². The summed E-state index contributed by atoms with van der Waals surface area (Å²) < 4.78 is 0. The number of carbonyl (C=O) groups is 3. The van der Waals surface area contributed by atoms with E-state index in [0.717, 1.165) is 49.2 Å². The van der Waals surface area contributed by atoms with Gasteiger partial charge in [-0.05, 0) is 50.3 Å². The first-order valence-corrected chi connectivity index (χ1v) is 9.76. The molecule has 0 aromatic heterocycles. The van der Waals surface area contributed by atoms with Gasteiger partial charge >= 0.3 is 6.03 Å². The van der Waals surface area contributed by atoms with Crippen LogP contribution in [0.3, 0.4) is 0 Å². The highest BCUT2D eigenvalue weighted by Gasteiger charge is 2.55. The molecule has 3 aliphatic rings. The van der Waals surface area contributed by atoms with Crippen molar-refractivity contribution in [3.05, 3.63) is 35.9 Å². The highest BCUT2D eigenvalue weighted by Crippen LogP contribution is 2.35. The van der Waals surface area contributed by atoms with E-state index in [-0.39, 0.29) is 30.3 Å². The zero-order chi connectivity index (χ0) is 18.9. The maximum atomic E-state index is 13.4. The molecule has 2 heterocycles. The van der Waals surface area contributed by atoms with Gasteiger partial charge in [0.1, 0.15) is 12.1 Å². The molecule has 1 aromatic rings. The molecule has 1 unspecified atom stereocenters. The fraction of sp³-hybridized carbons (Fsp3) is 0.550. The average Bonchev–Trinajstić information content (AvgIpc) is 3.46. The highest BCUT2D eigenvalue weighted by molar-refractivity contribution is 6.09. The summed E-state index contributed by atoms with van der Waals surface area (Å²) >= 11 is 0. The molecule has 7 heteroatoms. The van der Waals surface area contributed by atoms with E-state index in [9.17, 15) is 14.4 Å². The fourth-order valence-electron chi connectivity index (χ4n) is 4.21. The van der Waals surface area contributed by atoms with E-state index in [4.69, 9.17) is 0 Å². The molecule has 1 aromatic carbocycles. The molecule has 0 radical (unpaired) electrons. The number of nitrogens with one attached hydrogen (secondary N) is 3. The van der Waals surface area contributed by atoms with Crippen LogP contribution < -0.4 is 16.0 Å². The fourth-order valence-corrected chi connectivity index (χ4v) is 4.21. The SMILES string of the molecule is O=C(CN1C(=O)NC(Cc2ccccc2)(C2CCNCC2)C1=O)NC1CC1. The molecule has 2 saturated heterocycles. The maximum Gasteiger partial charge on any atom is 0.325 e. The zero-order valence-electron chi connectivity index (χ0n) is 15.4. The Kier molecular flexibility index (Phi) is 4.86. The van der Waals surface area contributed by atoms with Crippen LogP contribution in [0.5, 0.6) is 0 Å². The molecule has 1 aliphatic carbocycles. The van der Waals surface area contributed by atoms with Gasteiger partial charge in [0.15, 0.2) is 0 Å². The second-order valence-corrected chi connectivity index (χ2v) is 7.82. The van der Waals surface area contributed by atoms with Gasteiger partial charge in [0.25, 0.3) is 5.91 Å². The lowest BCUT2D eigenvalue weighted by Crippen LogP contribution is -2.57. The van der Waals surface area contributed by atoms with Crippen molar-refractivity contribution in [1.82, 2.24) is 20.9 Å². The summed E-state index contributed by atoms with van der Waals surface area (Å²) in [6, 6.07) is 9.51. The standard InChI is InChI=1S/C20H26N4O3/c25-17(22-16-6-7-16)13-24-18(26)20(23-19(24)27,15-8-10-21-11-9-15)12-14-4-2-1-3-5-14/h1-5,15-16,21H,6-13H2,(H,22,25)(H,23,27). The van der Waals surface area contributed by atoms with Crippen LogP contribution in [0.25, 0.3) is 0 Å². The maximum absolute atomic E-state index is 13.4. The molecule has 2 aliphatic heterocycles. The van der Waals surface area contributed by atoms with Gasteiger partial charge in [-0.1, -0.05) is 30.3 Å². The Bertz CT molecular complexity index is 728. The molecule has 0 bridgehead atoms. The second-order valence-electron chi connectivity index (χ2n) is 7.82. The minimum absolute atomic E-state index is 0.0481. The summed E-state index contributed by atoms with van der Waals surface area (Å²) in [5, 5.41) is 9.16. The van der Waals surface area contributed by atoms with Crippen molar-refractivity contribution in [1.29, 1.82) is 0 Å². The quantitative estimate of drug-likeness (QED) is 0.646. The first kappa shape index (κ1) is 18.0. The molecule has 144 valence electrons. The average molecular weight is 370 g/mol. The number of nitrogens with zero attached hydrogens (tertiary/aromatic N) is 1. The first-order valence-electron chi connectivity index (χ1n) is 9.76. The molecular weight excluding hydrogens is 344 g/mol. The van der Waals surface area contributed by atoms with Gasteiger partial charge in [-0.25, -0.2) is 4.79 Å². The number of imide groups is 1. The summed E-state index contributed by atoms with van der Waals surface area (Å²) in [5.74, 6) is -0.483. The third-order valence-corrected chi connectivity index (χ3v) is 5.81. The summed E-state index contributed by atoms with van der Waals surface area (Å²) in [5.41, 5.74) is 0.0365. The zero-order valence-corrected chi connectivity index (χ0v) is 15.4. The summed E-state index contributed by atoms with van der Waals surface area (Å²) in [7, 11) is 0. The number of urea groups is 1. The molecule has 4 rings (SSSR count). The lowest BCUT2D eigenvalue weighted by atomic mass is 9.74. The van der Waals surface area contributed by atoms with Crippen LogP contribution in [0.1, 0.15) is 31.2 Å². The third kappa shape index (κ3) is 3.69. The number of hydrogen-bond acceptors (Lipinski definition) is 4. The van der Waals surface area contributed by atoms with Gasteiger partial charge in [-0.15, -0.1) is 0 Å². The monoisotopic (exact) mass is 370 g/mol. The predicted octanol–water partition coefficient (Wildman–Crippen LogP) is 0.798. The summed E-state index contributed by atoms with van der Waals surface area (Å²) in [6.07, 6.45) is 4.03. The Hall–Kier alpha value is -2.41. The minimum atomic E-state index is -0.972. The van der Waals surface area contributed by atoms with Crippen LogP contribution in [-0.4, -0.2) is 54.0 Å². The van der Waals surface area contributed by atoms with Crippen LogP contribution in [-0.2, 0) is 16.0 Å². The van der Waals surface area contributed by atoms with Gasteiger partial charge < -0.3 is 16.0 Å². The number of piperidine rings is 1. The van der Waals surface area contributed by atoms with Crippen LogP contribution in [0.2, 0.25) is 0 Å². The molecule has 0 spiro atoms. The number of rotatable bonds is 6. The lowest BCUT2D eigenvalue weighted by molar-refractivity contribution is -0.136. The van der Waals surface area contributed by atoms with E-state index >= 15 is 0 Å². The van der Waals surface area contributed by atoms with Gasteiger partial charge in [0.2, 0.25) is 5.91 Å². The van der Waals surface area contributed by atoms with E-state index in [1.54, 1.807) is 0 Å². The number of benzene rings is 1. The van der Waals surface area contributed by atoms with Crippen LogP contribution in [0.15, 0.2) is 30.3 Å². The van der Waals surface area contributed by atoms with E-state index < -0.39 is 11.6 Å². The van der Waals surface area contributed by atoms with E-state index in [1.807, 2.05) is 30.3 Å². The number of hydrogen-bond donors (Lipinski definition) is 3. The van der Waals surface area contributed by atoms with Crippen LogP contribution in [0, 0.1) is 5.92 Å². The molecular formula is C20H26N4O3. The minimum Gasteiger partial charge on any atom is -0.352 e. The second kappa shape index (κ2) is 7.31. The Morgan fingerprint density at radius 3 is 2.48 bits per heavy atom. The molecule has 4 amide bonds. The Morgan fingerprint density at radius 2 is 1.81 bits per heavy atom.